The summed E-state index contributed by atoms with van der Waals surface area (Å²) in [7, 11) is 0. The molecule has 0 amide bonds. The van der Waals surface area contributed by atoms with Crippen LogP contribution in [-0.2, 0) is 0 Å². The molecule has 0 bridgehead atoms. The van der Waals surface area contributed by atoms with Crippen LogP contribution in [-0.4, -0.2) is 25.6 Å². The molecule has 7 heteroatoms. The molecule has 1 unspecified atom stereocenters. The van der Waals surface area contributed by atoms with Gasteiger partial charge in [0.1, 0.15) is 0 Å². The molecule has 3 aromatic rings. The molecule has 4 N–H and O–H groups in total. The fourth-order valence-electron chi connectivity index (χ4n) is 1.95. The summed E-state index contributed by atoms with van der Waals surface area (Å²) in [6.07, 6.45) is 1.75. The highest BCUT2D eigenvalue weighted by Gasteiger charge is 2.12. The minimum absolute atomic E-state index is 0.0878. The van der Waals surface area contributed by atoms with Crippen molar-refractivity contribution in [3.05, 3.63) is 36.3 Å². The van der Waals surface area contributed by atoms with Crippen LogP contribution < -0.4 is 11.1 Å². The average Bonchev–Trinajstić information content (AvgIpc) is 2.96. The van der Waals surface area contributed by atoms with Crippen LogP contribution in [0.4, 0.5) is 11.4 Å². The van der Waals surface area contributed by atoms with Crippen molar-refractivity contribution < 1.29 is 0 Å². The molecular formula is C12H13N7. The number of H-pyrrole nitrogens is 1. The number of tetrazole rings is 1. The number of aromatic amines is 1. The predicted octanol–water partition coefficient (Wildman–Crippen LogP) is 1.50. The van der Waals surface area contributed by atoms with Crippen molar-refractivity contribution in [2.45, 2.75) is 13.0 Å². The van der Waals surface area contributed by atoms with Crippen LogP contribution in [0, 0.1) is 0 Å². The second-order valence-electron chi connectivity index (χ2n) is 4.23. The van der Waals surface area contributed by atoms with Crippen molar-refractivity contribution in [2.75, 3.05) is 11.1 Å². The van der Waals surface area contributed by atoms with Crippen LogP contribution in [0.3, 0.4) is 0 Å². The van der Waals surface area contributed by atoms with Crippen LogP contribution in [0.15, 0.2) is 30.5 Å². The van der Waals surface area contributed by atoms with Gasteiger partial charge in [-0.2, -0.15) is 5.21 Å². The molecule has 0 aliphatic carbocycles. The van der Waals surface area contributed by atoms with E-state index in [1.54, 1.807) is 6.20 Å². The monoisotopic (exact) mass is 255 g/mol. The topological polar surface area (TPSA) is 105 Å². The Morgan fingerprint density at radius 3 is 3.00 bits per heavy atom. The zero-order valence-corrected chi connectivity index (χ0v) is 10.3. The summed E-state index contributed by atoms with van der Waals surface area (Å²) in [5, 5.41) is 18.0. The molecule has 1 atom stereocenters. The number of pyridine rings is 1. The summed E-state index contributed by atoms with van der Waals surface area (Å²) in [6, 6.07) is 7.56. The van der Waals surface area contributed by atoms with Gasteiger partial charge in [-0.3, -0.25) is 4.98 Å². The number of anilines is 2. The van der Waals surface area contributed by atoms with Crippen molar-refractivity contribution in [3.8, 4) is 0 Å². The molecule has 0 fully saturated rings. The van der Waals surface area contributed by atoms with Crippen molar-refractivity contribution in [1.29, 1.82) is 0 Å². The van der Waals surface area contributed by atoms with Gasteiger partial charge in [-0.25, -0.2) is 0 Å². The lowest BCUT2D eigenvalue weighted by Gasteiger charge is -2.14. The normalized spacial score (nSPS) is 12.5. The first-order valence-electron chi connectivity index (χ1n) is 5.89. The first-order chi connectivity index (χ1) is 9.25. The lowest BCUT2D eigenvalue weighted by atomic mass is 10.1. The molecule has 1 aromatic carbocycles. The maximum absolute atomic E-state index is 6.15. The Hall–Kier alpha value is -2.70. The number of nitrogens with zero attached hydrogens (tertiary/aromatic N) is 4. The highest BCUT2D eigenvalue weighted by molar-refractivity contribution is 5.96. The number of nitrogens with two attached hydrogens (primary N) is 1. The van der Waals surface area contributed by atoms with Gasteiger partial charge in [-0.15, -0.1) is 10.2 Å². The van der Waals surface area contributed by atoms with Gasteiger partial charge in [0.25, 0.3) is 0 Å². The Kier molecular flexibility index (Phi) is 2.71. The summed E-state index contributed by atoms with van der Waals surface area (Å²) in [5.74, 6) is 0.589. The van der Waals surface area contributed by atoms with E-state index >= 15 is 0 Å². The van der Waals surface area contributed by atoms with E-state index in [1.165, 1.54) is 0 Å². The Bertz CT molecular complexity index is 692. The van der Waals surface area contributed by atoms with Crippen molar-refractivity contribution in [3.63, 3.8) is 0 Å². The van der Waals surface area contributed by atoms with Crippen LogP contribution in [0.25, 0.3) is 10.9 Å². The number of rotatable bonds is 3. The van der Waals surface area contributed by atoms with Gasteiger partial charge in [0.2, 0.25) is 0 Å². The zero-order chi connectivity index (χ0) is 13.2. The van der Waals surface area contributed by atoms with Gasteiger partial charge in [0, 0.05) is 11.6 Å². The summed E-state index contributed by atoms with van der Waals surface area (Å²) in [4.78, 5) is 4.26. The van der Waals surface area contributed by atoms with E-state index in [1.807, 2.05) is 31.2 Å². The Morgan fingerprint density at radius 1 is 1.32 bits per heavy atom. The molecule has 0 radical (unpaired) electrons. The van der Waals surface area contributed by atoms with Gasteiger partial charge in [-0.1, -0.05) is 5.21 Å². The smallest absolute Gasteiger partial charge is 0.196 e. The van der Waals surface area contributed by atoms with E-state index in [9.17, 15) is 0 Å². The number of hydrogen-bond acceptors (Lipinski definition) is 6. The maximum Gasteiger partial charge on any atom is 0.196 e. The number of aromatic nitrogens is 5. The molecule has 0 spiro atoms. The molecule has 0 aliphatic rings. The lowest BCUT2D eigenvalue weighted by Crippen LogP contribution is -2.10. The van der Waals surface area contributed by atoms with Crippen molar-refractivity contribution in [2.24, 2.45) is 0 Å². The molecule has 2 heterocycles. The third-order valence-corrected chi connectivity index (χ3v) is 2.95. The van der Waals surface area contributed by atoms with Crippen LogP contribution in [0.2, 0.25) is 0 Å². The van der Waals surface area contributed by atoms with Gasteiger partial charge < -0.3 is 11.1 Å². The molecule has 2 aromatic heterocycles. The van der Waals surface area contributed by atoms with E-state index in [2.05, 4.69) is 30.9 Å². The number of benzene rings is 1. The van der Waals surface area contributed by atoms with Crippen LogP contribution in [0.1, 0.15) is 18.8 Å². The third kappa shape index (κ3) is 2.05. The minimum atomic E-state index is -0.0878. The van der Waals surface area contributed by atoms with Crippen LogP contribution in [0.5, 0.6) is 0 Å². The van der Waals surface area contributed by atoms with E-state index in [0.717, 1.165) is 16.6 Å². The van der Waals surface area contributed by atoms with E-state index in [4.69, 9.17) is 5.73 Å². The van der Waals surface area contributed by atoms with Gasteiger partial charge >= 0.3 is 0 Å². The first kappa shape index (κ1) is 11.4. The summed E-state index contributed by atoms with van der Waals surface area (Å²) in [6.45, 7) is 1.94. The quantitative estimate of drug-likeness (QED) is 0.612. The average molecular weight is 255 g/mol. The predicted molar refractivity (Wildman–Crippen MR) is 72.4 cm³/mol. The number of nitrogens with one attached hydrogen (secondary N) is 2. The number of nitrogen functional groups attached to an aromatic ring is 1. The second kappa shape index (κ2) is 4.52. The zero-order valence-electron chi connectivity index (χ0n) is 10.3. The Labute approximate surface area is 109 Å². The number of hydrogen-bond donors (Lipinski definition) is 3. The van der Waals surface area contributed by atoms with Crippen LogP contribution >= 0.6 is 0 Å². The summed E-state index contributed by atoms with van der Waals surface area (Å²) < 4.78 is 0. The highest BCUT2D eigenvalue weighted by Crippen LogP contribution is 2.29. The second-order valence-corrected chi connectivity index (χ2v) is 4.23. The molecular weight excluding hydrogens is 242 g/mol. The lowest BCUT2D eigenvalue weighted by molar-refractivity contribution is 0.794. The maximum atomic E-state index is 6.15. The first-order valence-corrected chi connectivity index (χ1v) is 5.89. The number of fused-ring (bicyclic) bond motifs is 1. The molecule has 0 aliphatic heterocycles. The molecule has 0 saturated heterocycles. The SMILES string of the molecule is CC(Nc1ccc2ncccc2c1N)c1nn[nH]n1. The largest absolute Gasteiger partial charge is 0.397 e. The molecule has 0 saturated carbocycles. The van der Waals surface area contributed by atoms with E-state index in [-0.39, 0.29) is 6.04 Å². The van der Waals surface area contributed by atoms with Crippen molar-refractivity contribution >= 4 is 22.3 Å². The fourth-order valence-corrected chi connectivity index (χ4v) is 1.95. The van der Waals surface area contributed by atoms with Crippen molar-refractivity contribution in [1.82, 2.24) is 25.6 Å². The van der Waals surface area contributed by atoms with Gasteiger partial charge in [0.05, 0.1) is 22.9 Å². The molecule has 19 heavy (non-hydrogen) atoms. The Morgan fingerprint density at radius 2 is 2.21 bits per heavy atom. The van der Waals surface area contributed by atoms with Gasteiger partial charge in [-0.05, 0) is 31.2 Å². The van der Waals surface area contributed by atoms with E-state index < -0.39 is 0 Å². The summed E-state index contributed by atoms with van der Waals surface area (Å²) >= 11 is 0. The van der Waals surface area contributed by atoms with Gasteiger partial charge in [0.15, 0.2) is 5.82 Å². The standard InChI is InChI=1S/C12H13N7/c1-7(12-16-18-19-17-12)15-10-5-4-9-8(11(10)13)3-2-6-14-9/h2-7,15H,13H2,1H3,(H,16,17,18,19). The fraction of sp³-hybridized carbons (Fsp3) is 0.167. The summed E-state index contributed by atoms with van der Waals surface area (Å²) in [5.41, 5.74) is 8.53. The third-order valence-electron chi connectivity index (χ3n) is 2.95. The minimum Gasteiger partial charge on any atom is -0.397 e. The Balaban J connectivity index is 1.95. The highest BCUT2D eigenvalue weighted by atomic mass is 15.5. The molecule has 7 nitrogen and oxygen atoms in total. The molecule has 96 valence electrons. The molecule has 3 rings (SSSR count). The van der Waals surface area contributed by atoms with E-state index in [0.29, 0.717) is 11.5 Å².